The van der Waals surface area contributed by atoms with E-state index in [2.05, 4.69) is 15.9 Å². The fraction of sp³-hybridized carbons (Fsp3) is 0.538. The molecule has 0 unspecified atom stereocenters. The minimum Gasteiger partial charge on any atom is -0.324 e. The number of nitrogens with two attached hydrogens (primary N) is 1. The third-order valence-corrected chi connectivity index (χ3v) is 3.97. The van der Waals surface area contributed by atoms with Gasteiger partial charge in [0.2, 0.25) is 0 Å². The normalized spacial score (nSPS) is 17.9. The van der Waals surface area contributed by atoms with Gasteiger partial charge in [-0.05, 0) is 43.4 Å². The van der Waals surface area contributed by atoms with Crippen molar-refractivity contribution in [2.45, 2.75) is 38.6 Å². The molecule has 0 heterocycles. The van der Waals surface area contributed by atoms with Gasteiger partial charge in [0.05, 0.1) is 0 Å². The first-order valence-electron chi connectivity index (χ1n) is 5.80. The third-order valence-electron chi connectivity index (χ3n) is 3.51. The van der Waals surface area contributed by atoms with E-state index in [4.69, 9.17) is 5.73 Å². The molecule has 2 N–H and O–H groups in total. The van der Waals surface area contributed by atoms with Crippen molar-refractivity contribution in [1.82, 2.24) is 0 Å². The van der Waals surface area contributed by atoms with Gasteiger partial charge >= 0.3 is 0 Å². The van der Waals surface area contributed by atoms with Crippen molar-refractivity contribution in [3.63, 3.8) is 0 Å². The molecule has 0 bridgehead atoms. The van der Waals surface area contributed by atoms with Crippen molar-refractivity contribution in [3.8, 4) is 0 Å². The first kappa shape index (κ1) is 14.9. The summed E-state index contributed by atoms with van der Waals surface area (Å²) in [5, 5.41) is 0. The number of hydrogen-bond donors (Lipinski definition) is 1. The summed E-state index contributed by atoms with van der Waals surface area (Å²) in [4.78, 5) is 0. The molecule has 1 aromatic carbocycles. The van der Waals surface area contributed by atoms with Crippen LogP contribution >= 0.6 is 28.3 Å². The van der Waals surface area contributed by atoms with Gasteiger partial charge < -0.3 is 5.73 Å². The zero-order chi connectivity index (χ0) is 11.7. The van der Waals surface area contributed by atoms with Crippen LogP contribution in [0.2, 0.25) is 0 Å². The van der Waals surface area contributed by atoms with Gasteiger partial charge in [0.1, 0.15) is 5.82 Å². The SMILES string of the molecule is Cc1cc(Br)cc([C@H](N)C2CCCC2)c1F.Cl. The van der Waals surface area contributed by atoms with Crippen LogP contribution in [0.1, 0.15) is 42.9 Å². The lowest BCUT2D eigenvalue weighted by Crippen LogP contribution is -2.20. The summed E-state index contributed by atoms with van der Waals surface area (Å²) < 4.78 is 14.9. The van der Waals surface area contributed by atoms with Crippen LogP contribution in [0.5, 0.6) is 0 Å². The first-order chi connectivity index (χ1) is 7.59. The molecule has 1 saturated carbocycles. The number of benzene rings is 1. The molecular weight excluding hydrogens is 305 g/mol. The molecular formula is C13H18BrClFN. The molecule has 1 nitrogen and oxygen atoms in total. The average molecular weight is 323 g/mol. The minimum absolute atomic E-state index is 0. The maximum absolute atomic E-state index is 14.0. The molecule has 17 heavy (non-hydrogen) atoms. The van der Waals surface area contributed by atoms with E-state index < -0.39 is 0 Å². The van der Waals surface area contributed by atoms with Crippen LogP contribution in [0.4, 0.5) is 4.39 Å². The van der Waals surface area contributed by atoms with Crippen molar-refractivity contribution in [2.24, 2.45) is 11.7 Å². The average Bonchev–Trinajstić information content (AvgIpc) is 2.75. The van der Waals surface area contributed by atoms with Gasteiger partial charge in [-0.3, -0.25) is 0 Å². The van der Waals surface area contributed by atoms with E-state index in [1.807, 2.05) is 6.07 Å². The topological polar surface area (TPSA) is 26.0 Å². The molecule has 1 fully saturated rings. The molecule has 0 spiro atoms. The summed E-state index contributed by atoms with van der Waals surface area (Å²) in [5.74, 6) is 0.311. The number of halogens is 3. The lowest BCUT2D eigenvalue weighted by Gasteiger charge is -2.20. The smallest absolute Gasteiger partial charge is 0.130 e. The first-order valence-corrected chi connectivity index (χ1v) is 6.60. The van der Waals surface area contributed by atoms with E-state index in [0.29, 0.717) is 17.0 Å². The molecule has 1 aliphatic rings. The number of aryl methyl sites for hydroxylation is 1. The zero-order valence-electron chi connectivity index (χ0n) is 9.88. The highest BCUT2D eigenvalue weighted by Crippen LogP contribution is 2.36. The standard InChI is InChI=1S/C13H17BrFN.ClH/c1-8-6-10(14)7-11(12(8)15)13(16)9-4-2-3-5-9;/h6-7,9,13H,2-5,16H2,1H3;1H/t13-;/m1./s1. The Morgan fingerprint density at radius 1 is 1.35 bits per heavy atom. The van der Waals surface area contributed by atoms with Crippen LogP contribution in [-0.2, 0) is 0 Å². The summed E-state index contributed by atoms with van der Waals surface area (Å²) in [7, 11) is 0. The molecule has 4 heteroatoms. The van der Waals surface area contributed by atoms with E-state index in [1.165, 1.54) is 12.8 Å². The summed E-state index contributed by atoms with van der Waals surface area (Å²) in [6, 6.07) is 3.46. The van der Waals surface area contributed by atoms with Crippen molar-refractivity contribution in [2.75, 3.05) is 0 Å². The highest BCUT2D eigenvalue weighted by Gasteiger charge is 2.25. The van der Waals surface area contributed by atoms with E-state index in [-0.39, 0.29) is 24.3 Å². The fourth-order valence-corrected chi connectivity index (χ4v) is 3.15. The van der Waals surface area contributed by atoms with Crippen LogP contribution in [-0.4, -0.2) is 0 Å². The Morgan fingerprint density at radius 3 is 2.53 bits per heavy atom. The fourth-order valence-electron chi connectivity index (χ4n) is 2.56. The van der Waals surface area contributed by atoms with Crippen molar-refractivity contribution in [1.29, 1.82) is 0 Å². The molecule has 0 radical (unpaired) electrons. The van der Waals surface area contributed by atoms with Crippen molar-refractivity contribution >= 4 is 28.3 Å². The Bertz CT molecular complexity index is 391. The van der Waals surface area contributed by atoms with Gasteiger partial charge in [-0.1, -0.05) is 28.8 Å². The Kier molecular flexibility index (Phi) is 5.42. The van der Waals surface area contributed by atoms with Gasteiger partial charge in [-0.2, -0.15) is 0 Å². The molecule has 2 rings (SSSR count). The van der Waals surface area contributed by atoms with Crippen LogP contribution in [0, 0.1) is 18.7 Å². The minimum atomic E-state index is -0.154. The molecule has 0 amide bonds. The van der Waals surface area contributed by atoms with Gasteiger partial charge in [-0.15, -0.1) is 12.4 Å². The molecule has 1 aromatic rings. The predicted molar refractivity (Wildman–Crippen MR) is 75.0 cm³/mol. The highest BCUT2D eigenvalue weighted by atomic mass is 79.9. The van der Waals surface area contributed by atoms with Gasteiger partial charge in [0.25, 0.3) is 0 Å². The van der Waals surface area contributed by atoms with E-state index in [1.54, 1.807) is 13.0 Å². The summed E-state index contributed by atoms with van der Waals surface area (Å²) in [6.07, 6.45) is 4.72. The number of rotatable bonds is 2. The monoisotopic (exact) mass is 321 g/mol. The van der Waals surface area contributed by atoms with Crippen molar-refractivity contribution < 1.29 is 4.39 Å². The van der Waals surface area contributed by atoms with Crippen LogP contribution in [0.3, 0.4) is 0 Å². The summed E-state index contributed by atoms with van der Waals surface area (Å²) >= 11 is 3.40. The molecule has 1 aliphatic carbocycles. The van der Waals surface area contributed by atoms with Gasteiger partial charge in [-0.25, -0.2) is 4.39 Å². The lowest BCUT2D eigenvalue weighted by molar-refractivity contribution is 0.427. The second kappa shape index (κ2) is 6.17. The number of hydrogen-bond acceptors (Lipinski definition) is 1. The van der Waals surface area contributed by atoms with Crippen LogP contribution < -0.4 is 5.73 Å². The second-order valence-corrected chi connectivity index (χ2v) is 5.61. The summed E-state index contributed by atoms with van der Waals surface area (Å²) in [5.41, 5.74) is 7.51. The molecule has 0 aromatic heterocycles. The van der Waals surface area contributed by atoms with Crippen molar-refractivity contribution in [3.05, 3.63) is 33.5 Å². The largest absolute Gasteiger partial charge is 0.324 e. The summed E-state index contributed by atoms with van der Waals surface area (Å²) in [6.45, 7) is 1.78. The van der Waals surface area contributed by atoms with E-state index in [9.17, 15) is 4.39 Å². The van der Waals surface area contributed by atoms with Crippen LogP contribution in [0.25, 0.3) is 0 Å². The van der Waals surface area contributed by atoms with Crippen LogP contribution in [0.15, 0.2) is 16.6 Å². The van der Waals surface area contributed by atoms with Gasteiger partial charge in [0, 0.05) is 16.1 Å². The molecule has 1 atom stereocenters. The third kappa shape index (κ3) is 3.21. The second-order valence-electron chi connectivity index (χ2n) is 4.70. The lowest BCUT2D eigenvalue weighted by atomic mass is 9.91. The quantitative estimate of drug-likeness (QED) is 0.852. The Morgan fingerprint density at radius 2 is 1.94 bits per heavy atom. The zero-order valence-corrected chi connectivity index (χ0v) is 12.3. The predicted octanol–water partition coefficient (Wildman–Crippen LogP) is 4.51. The molecule has 0 saturated heterocycles. The van der Waals surface area contributed by atoms with Gasteiger partial charge in [0.15, 0.2) is 0 Å². The maximum Gasteiger partial charge on any atom is 0.130 e. The Hall–Kier alpha value is -0.120. The molecule has 96 valence electrons. The highest BCUT2D eigenvalue weighted by molar-refractivity contribution is 9.10. The Balaban J connectivity index is 0.00000144. The molecule has 0 aliphatic heterocycles. The maximum atomic E-state index is 14.0. The Labute approximate surface area is 117 Å². The van der Waals surface area contributed by atoms with E-state index in [0.717, 1.165) is 17.3 Å². The van der Waals surface area contributed by atoms with E-state index >= 15 is 0 Å².